The van der Waals surface area contributed by atoms with E-state index in [1.807, 2.05) is 0 Å². The van der Waals surface area contributed by atoms with Crippen molar-refractivity contribution in [1.29, 1.82) is 0 Å². The molecule has 3 rings (SSSR count). The first-order valence-corrected chi connectivity index (χ1v) is 8.23. The molecule has 3 aromatic rings. The lowest BCUT2D eigenvalue weighted by atomic mass is 10.2. The lowest BCUT2D eigenvalue weighted by Crippen LogP contribution is -2.13. The Hall–Kier alpha value is -2.73. The van der Waals surface area contributed by atoms with Crippen molar-refractivity contribution in [2.45, 2.75) is 19.6 Å². The number of ether oxygens (including phenoxy) is 1. The Labute approximate surface area is 153 Å². The number of rotatable bonds is 5. The molecule has 1 unspecified atom stereocenters. The van der Waals surface area contributed by atoms with Gasteiger partial charge >= 0.3 is 12.5 Å². The quantitative estimate of drug-likeness (QED) is 0.442. The predicted molar refractivity (Wildman–Crippen MR) is 96.0 cm³/mol. The SMILES string of the molecule is CC(OC(=O)/C=C/c1cccc(Cl)c1)c1nc2ccccc2n1C(F)F. The minimum absolute atomic E-state index is 0.00861. The smallest absolute Gasteiger partial charge is 0.331 e. The Bertz CT molecular complexity index is 969. The van der Waals surface area contributed by atoms with Gasteiger partial charge in [0.2, 0.25) is 0 Å². The van der Waals surface area contributed by atoms with E-state index in [4.69, 9.17) is 16.3 Å². The van der Waals surface area contributed by atoms with Crippen molar-refractivity contribution in [3.8, 4) is 0 Å². The zero-order valence-electron chi connectivity index (χ0n) is 13.8. The van der Waals surface area contributed by atoms with Gasteiger partial charge in [-0.2, -0.15) is 8.78 Å². The van der Waals surface area contributed by atoms with Crippen molar-refractivity contribution < 1.29 is 18.3 Å². The number of hydrogen-bond acceptors (Lipinski definition) is 3. The Morgan fingerprint density at radius 3 is 2.73 bits per heavy atom. The monoisotopic (exact) mass is 376 g/mol. The zero-order chi connectivity index (χ0) is 18.7. The Kier molecular flexibility index (Phi) is 5.32. The van der Waals surface area contributed by atoms with Crippen LogP contribution < -0.4 is 0 Å². The van der Waals surface area contributed by atoms with Crippen molar-refractivity contribution in [3.63, 3.8) is 0 Å². The van der Waals surface area contributed by atoms with Crippen LogP contribution in [0, 0.1) is 0 Å². The first-order valence-electron chi connectivity index (χ1n) is 7.85. The Morgan fingerprint density at radius 1 is 1.23 bits per heavy atom. The normalized spacial score (nSPS) is 12.8. The molecule has 1 aromatic heterocycles. The average Bonchev–Trinajstić information content (AvgIpc) is 3.00. The van der Waals surface area contributed by atoms with E-state index >= 15 is 0 Å². The van der Waals surface area contributed by atoms with Crippen LogP contribution in [0.25, 0.3) is 17.1 Å². The van der Waals surface area contributed by atoms with E-state index in [2.05, 4.69) is 4.98 Å². The van der Waals surface area contributed by atoms with E-state index < -0.39 is 18.6 Å². The van der Waals surface area contributed by atoms with Gasteiger partial charge in [-0.15, -0.1) is 0 Å². The van der Waals surface area contributed by atoms with Crippen LogP contribution in [0.15, 0.2) is 54.6 Å². The summed E-state index contributed by atoms with van der Waals surface area (Å²) in [5, 5.41) is 0.541. The molecule has 0 saturated carbocycles. The van der Waals surface area contributed by atoms with Crippen LogP contribution in [0.2, 0.25) is 5.02 Å². The molecule has 0 aliphatic carbocycles. The van der Waals surface area contributed by atoms with Crippen molar-refractivity contribution >= 4 is 34.7 Å². The van der Waals surface area contributed by atoms with Gasteiger partial charge in [-0.3, -0.25) is 4.57 Å². The number of para-hydroxylation sites is 2. The van der Waals surface area contributed by atoms with E-state index in [1.165, 1.54) is 19.1 Å². The molecular weight excluding hydrogens is 362 g/mol. The molecule has 0 fully saturated rings. The van der Waals surface area contributed by atoms with E-state index in [0.717, 1.165) is 10.1 Å². The number of imidazole rings is 1. The second kappa shape index (κ2) is 7.66. The molecule has 26 heavy (non-hydrogen) atoms. The predicted octanol–water partition coefficient (Wildman–Crippen LogP) is 5.40. The Balaban J connectivity index is 1.79. The number of alkyl halides is 2. The van der Waals surface area contributed by atoms with Crippen LogP contribution in [-0.4, -0.2) is 15.5 Å². The maximum atomic E-state index is 13.5. The molecule has 7 heteroatoms. The highest BCUT2D eigenvalue weighted by Crippen LogP contribution is 2.28. The number of nitrogens with zero attached hydrogens (tertiary/aromatic N) is 2. The van der Waals surface area contributed by atoms with Gasteiger partial charge in [0.05, 0.1) is 11.0 Å². The molecule has 1 heterocycles. The Morgan fingerprint density at radius 2 is 2.00 bits per heavy atom. The molecule has 2 aromatic carbocycles. The summed E-state index contributed by atoms with van der Waals surface area (Å²) >= 11 is 5.88. The third-order valence-electron chi connectivity index (χ3n) is 3.74. The molecule has 0 saturated heterocycles. The van der Waals surface area contributed by atoms with Crippen molar-refractivity contribution in [1.82, 2.24) is 9.55 Å². The number of esters is 1. The van der Waals surface area contributed by atoms with Crippen LogP contribution >= 0.6 is 11.6 Å². The number of carbonyl (C=O) groups excluding carboxylic acids is 1. The molecule has 0 aliphatic heterocycles. The van der Waals surface area contributed by atoms with Gasteiger partial charge in [0.15, 0.2) is 11.9 Å². The van der Waals surface area contributed by atoms with Crippen LogP contribution in [0.3, 0.4) is 0 Å². The molecule has 0 N–H and O–H groups in total. The standard InChI is InChI=1S/C19H15ClF2N2O2/c1-12(26-17(25)10-9-13-5-4-6-14(20)11-13)18-23-15-7-2-3-8-16(15)24(18)19(21)22/h2-12,19H,1H3/b10-9+. The summed E-state index contributed by atoms with van der Waals surface area (Å²) < 4.78 is 32.9. The van der Waals surface area contributed by atoms with Crippen molar-refractivity contribution in [3.05, 3.63) is 71.0 Å². The first-order chi connectivity index (χ1) is 12.5. The van der Waals surface area contributed by atoms with Gasteiger partial charge in [-0.1, -0.05) is 35.9 Å². The summed E-state index contributed by atoms with van der Waals surface area (Å²) in [6.07, 6.45) is 1.82. The van der Waals surface area contributed by atoms with Gasteiger partial charge < -0.3 is 4.74 Å². The number of benzene rings is 2. The topological polar surface area (TPSA) is 44.1 Å². The fourth-order valence-electron chi connectivity index (χ4n) is 2.60. The second-order valence-corrected chi connectivity index (χ2v) is 6.01. The van der Waals surface area contributed by atoms with Gasteiger partial charge in [-0.25, -0.2) is 9.78 Å². The maximum absolute atomic E-state index is 13.5. The first kappa shape index (κ1) is 18.1. The third-order valence-corrected chi connectivity index (χ3v) is 3.97. The van der Waals surface area contributed by atoms with E-state index in [1.54, 1.807) is 48.5 Å². The van der Waals surface area contributed by atoms with Crippen LogP contribution in [0.1, 0.15) is 31.0 Å². The summed E-state index contributed by atoms with van der Waals surface area (Å²) in [7, 11) is 0. The summed E-state index contributed by atoms with van der Waals surface area (Å²) in [4.78, 5) is 16.2. The molecule has 0 radical (unpaired) electrons. The molecule has 0 spiro atoms. The van der Waals surface area contributed by atoms with Gasteiger partial charge in [0, 0.05) is 11.1 Å². The fourth-order valence-corrected chi connectivity index (χ4v) is 2.79. The average molecular weight is 377 g/mol. The highest BCUT2D eigenvalue weighted by Gasteiger charge is 2.23. The summed E-state index contributed by atoms with van der Waals surface area (Å²) in [6.45, 7) is -1.29. The van der Waals surface area contributed by atoms with Crippen molar-refractivity contribution in [2.75, 3.05) is 0 Å². The molecule has 1 atom stereocenters. The largest absolute Gasteiger partial charge is 0.451 e. The molecule has 0 bridgehead atoms. The molecular formula is C19H15ClF2N2O2. The highest BCUT2D eigenvalue weighted by atomic mass is 35.5. The van der Waals surface area contributed by atoms with Crippen LogP contribution in [0.4, 0.5) is 8.78 Å². The maximum Gasteiger partial charge on any atom is 0.331 e. The van der Waals surface area contributed by atoms with E-state index in [0.29, 0.717) is 10.5 Å². The number of fused-ring (bicyclic) bond motifs is 1. The number of hydrogen-bond donors (Lipinski definition) is 0. The lowest BCUT2D eigenvalue weighted by molar-refractivity contribution is -0.143. The summed E-state index contributed by atoms with van der Waals surface area (Å²) in [5.74, 6) is -0.670. The number of halogens is 3. The van der Waals surface area contributed by atoms with E-state index in [9.17, 15) is 13.6 Å². The number of carbonyl (C=O) groups is 1. The van der Waals surface area contributed by atoms with Crippen LogP contribution in [0.5, 0.6) is 0 Å². The second-order valence-electron chi connectivity index (χ2n) is 5.57. The van der Waals surface area contributed by atoms with E-state index in [-0.39, 0.29) is 11.3 Å². The zero-order valence-corrected chi connectivity index (χ0v) is 14.5. The summed E-state index contributed by atoms with van der Waals surface area (Å²) in [5.41, 5.74) is 1.43. The molecule has 0 amide bonds. The van der Waals surface area contributed by atoms with Crippen molar-refractivity contribution in [2.24, 2.45) is 0 Å². The van der Waals surface area contributed by atoms with Crippen LogP contribution in [-0.2, 0) is 9.53 Å². The minimum Gasteiger partial charge on any atom is -0.451 e. The van der Waals surface area contributed by atoms with Gasteiger partial charge in [0.1, 0.15) is 0 Å². The molecule has 4 nitrogen and oxygen atoms in total. The molecule has 0 aliphatic rings. The number of aromatic nitrogens is 2. The lowest BCUT2D eigenvalue weighted by Gasteiger charge is -2.14. The fraction of sp³-hybridized carbons (Fsp3) is 0.158. The van der Waals surface area contributed by atoms with Gasteiger partial charge in [0.25, 0.3) is 0 Å². The molecule has 134 valence electrons. The highest BCUT2D eigenvalue weighted by molar-refractivity contribution is 6.30. The third kappa shape index (κ3) is 3.91. The minimum atomic E-state index is -2.79. The van der Waals surface area contributed by atoms with Gasteiger partial charge in [-0.05, 0) is 42.8 Å². The summed E-state index contributed by atoms with van der Waals surface area (Å²) in [6, 6.07) is 13.5.